The van der Waals surface area contributed by atoms with Crippen LogP contribution in [0.25, 0.3) is 0 Å². The van der Waals surface area contributed by atoms with E-state index in [1.165, 1.54) is 0 Å². The summed E-state index contributed by atoms with van der Waals surface area (Å²) < 4.78 is 5.09. The minimum Gasteiger partial charge on any atom is -0.478 e. The fraction of sp³-hybridized carbons (Fsp3) is 0.222. The van der Waals surface area contributed by atoms with Gasteiger partial charge in [0.05, 0.1) is 0 Å². The highest BCUT2D eigenvalue weighted by Crippen LogP contribution is 2.14. The first kappa shape index (κ1) is 7.62. The van der Waals surface area contributed by atoms with Gasteiger partial charge < -0.3 is 4.74 Å². The van der Waals surface area contributed by atoms with Crippen LogP contribution in [0.3, 0.4) is 0 Å². The predicted molar refractivity (Wildman–Crippen MR) is 41.1 cm³/mol. The molecule has 1 rings (SSSR count). The summed E-state index contributed by atoms with van der Waals surface area (Å²) in [4.78, 5) is 0. The Labute approximate surface area is 66.0 Å². The standard InChI is InChI=1S/C9H8NO/c1-8-4-2-3-5-9(8)11-7-6-10/h2,4-5H,7H2,1H3. The molecule has 0 saturated carbocycles. The summed E-state index contributed by atoms with van der Waals surface area (Å²) in [5.41, 5.74) is 1.03. The van der Waals surface area contributed by atoms with Crippen LogP contribution in [0.2, 0.25) is 0 Å². The van der Waals surface area contributed by atoms with Crippen LogP contribution in [0.1, 0.15) is 5.56 Å². The molecule has 0 unspecified atom stereocenters. The van der Waals surface area contributed by atoms with E-state index >= 15 is 0 Å². The molecule has 0 bridgehead atoms. The van der Waals surface area contributed by atoms with Crippen molar-refractivity contribution in [3.05, 3.63) is 29.8 Å². The van der Waals surface area contributed by atoms with Crippen molar-refractivity contribution in [2.75, 3.05) is 6.61 Å². The first-order valence-corrected chi connectivity index (χ1v) is 3.31. The number of hydrogen-bond acceptors (Lipinski definition) is 2. The van der Waals surface area contributed by atoms with Gasteiger partial charge in [-0.3, -0.25) is 0 Å². The van der Waals surface area contributed by atoms with E-state index in [9.17, 15) is 0 Å². The van der Waals surface area contributed by atoms with Crippen molar-refractivity contribution in [2.24, 2.45) is 0 Å². The molecule has 55 valence electrons. The lowest BCUT2D eigenvalue weighted by Crippen LogP contribution is -1.94. The molecule has 1 radical (unpaired) electrons. The van der Waals surface area contributed by atoms with Crippen LogP contribution in [0.4, 0.5) is 0 Å². The Morgan fingerprint density at radius 3 is 3.18 bits per heavy atom. The zero-order chi connectivity index (χ0) is 8.10. The fourth-order valence-corrected chi connectivity index (χ4v) is 0.758. The molecule has 0 amide bonds. The van der Waals surface area contributed by atoms with Crippen LogP contribution < -0.4 is 4.74 Å². The van der Waals surface area contributed by atoms with Gasteiger partial charge in [-0.1, -0.05) is 12.1 Å². The SMILES string of the molecule is Cc1cc[c]cc1OCC#N. The minimum atomic E-state index is 0.0959. The molecule has 0 spiro atoms. The first-order chi connectivity index (χ1) is 5.34. The van der Waals surface area contributed by atoms with Crippen molar-refractivity contribution in [3.8, 4) is 11.8 Å². The van der Waals surface area contributed by atoms with Crippen molar-refractivity contribution in [3.63, 3.8) is 0 Å². The number of benzene rings is 1. The number of nitrogens with zero attached hydrogens (tertiary/aromatic N) is 1. The quantitative estimate of drug-likeness (QED) is 0.636. The highest BCUT2D eigenvalue weighted by atomic mass is 16.5. The third kappa shape index (κ3) is 1.98. The van der Waals surface area contributed by atoms with Gasteiger partial charge in [-0.15, -0.1) is 0 Å². The summed E-state index contributed by atoms with van der Waals surface area (Å²) in [7, 11) is 0. The van der Waals surface area contributed by atoms with E-state index in [4.69, 9.17) is 10.00 Å². The van der Waals surface area contributed by atoms with Crippen LogP contribution in [-0.4, -0.2) is 6.61 Å². The lowest BCUT2D eigenvalue weighted by atomic mass is 10.2. The molecule has 0 atom stereocenters. The molecule has 0 heterocycles. The molecule has 1 aromatic rings. The zero-order valence-electron chi connectivity index (χ0n) is 6.29. The third-order valence-electron chi connectivity index (χ3n) is 1.32. The zero-order valence-corrected chi connectivity index (χ0v) is 6.29. The predicted octanol–water partition coefficient (Wildman–Crippen LogP) is 1.70. The van der Waals surface area contributed by atoms with E-state index in [1.54, 1.807) is 6.07 Å². The van der Waals surface area contributed by atoms with Crippen LogP contribution in [0.5, 0.6) is 5.75 Å². The van der Waals surface area contributed by atoms with Crippen LogP contribution >= 0.6 is 0 Å². The minimum absolute atomic E-state index is 0.0959. The topological polar surface area (TPSA) is 33.0 Å². The highest BCUT2D eigenvalue weighted by molar-refractivity contribution is 5.31. The smallest absolute Gasteiger partial charge is 0.174 e. The summed E-state index contributed by atoms with van der Waals surface area (Å²) in [6.07, 6.45) is 0. The van der Waals surface area contributed by atoms with Gasteiger partial charge in [0.1, 0.15) is 11.8 Å². The summed E-state index contributed by atoms with van der Waals surface area (Å²) in [5.74, 6) is 0.731. The average Bonchev–Trinajstić information content (AvgIpc) is 2.03. The van der Waals surface area contributed by atoms with Gasteiger partial charge in [-0.05, 0) is 24.6 Å². The Morgan fingerprint density at radius 2 is 2.55 bits per heavy atom. The van der Waals surface area contributed by atoms with E-state index in [1.807, 2.05) is 25.1 Å². The number of aryl methyl sites for hydroxylation is 1. The summed E-state index contributed by atoms with van der Waals surface area (Å²) in [6, 6.07) is 10.2. The fourth-order valence-electron chi connectivity index (χ4n) is 0.758. The van der Waals surface area contributed by atoms with Crippen molar-refractivity contribution in [1.82, 2.24) is 0 Å². The molecule has 0 fully saturated rings. The van der Waals surface area contributed by atoms with Gasteiger partial charge in [0.25, 0.3) is 0 Å². The monoisotopic (exact) mass is 146 g/mol. The maximum Gasteiger partial charge on any atom is 0.174 e. The molecule has 2 nitrogen and oxygen atoms in total. The molecule has 1 aromatic carbocycles. The van der Waals surface area contributed by atoms with Gasteiger partial charge in [0.2, 0.25) is 0 Å². The Hall–Kier alpha value is -1.49. The number of ether oxygens (including phenoxy) is 1. The van der Waals surface area contributed by atoms with Gasteiger partial charge in [-0.2, -0.15) is 5.26 Å². The molecule has 0 aromatic heterocycles. The Morgan fingerprint density at radius 1 is 1.73 bits per heavy atom. The van der Waals surface area contributed by atoms with Crippen LogP contribution in [-0.2, 0) is 0 Å². The van der Waals surface area contributed by atoms with E-state index in [-0.39, 0.29) is 6.61 Å². The Balaban J connectivity index is 2.71. The number of rotatable bonds is 2. The van der Waals surface area contributed by atoms with Crippen molar-refractivity contribution >= 4 is 0 Å². The summed E-state index contributed by atoms with van der Waals surface area (Å²) in [6.45, 7) is 2.03. The lowest BCUT2D eigenvalue weighted by Gasteiger charge is -2.02. The van der Waals surface area contributed by atoms with E-state index in [0.717, 1.165) is 11.3 Å². The number of nitriles is 1. The van der Waals surface area contributed by atoms with Crippen molar-refractivity contribution < 1.29 is 4.74 Å². The summed E-state index contributed by atoms with van der Waals surface area (Å²) >= 11 is 0. The molecular formula is C9H8NO. The first-order valence-electron chi connectivity index (χ1n) is 3.31. The second kappa shape index (κ2) is 3.62. The van der Waals surface area contributed by atoms with E-state index < -0.39 is 0 Å². The van der Waals surface area contributed by atoms with Crippen LogP contribution in [0, 0.1) is 24.3 Å². The molecule has 0 N–H and O–H groups in total. The van der Waals surface area contributed by atoms with Crippen molar-refractivity contribution in [2.45, 2.75) is 6.92 Å². The molecule has 0 aliphatic carbocycles. The van der Waals surface area contributed by atoms with Gasteiger partial charge in [-0.25, -0.2) is 0 Å². The number of hydrogen-bond donors (Lipinski definition) is 0. The Kier molecular flexibility index (Phi) is 2.51. The van der Waals surface area contributed by atoms with E-state index in [2.05, 4.69) is 6.07 Å². The van der Waals surface area contributed by atoms with Crippen molar-refractivity contribution in [1.29, 1.82) is 5.26 Å². The second-order valence-electron chi connectivity index (χ2n) is 2.14. The van der Waals surface area contributed by atoms with Crippen LogP contribution in [0.15, 0.2) is 18.2 Å². The molecule has 0 aliphatic rings. The van der Waals surface area contributed by atoms with E-state index in [0.29, 0.717) is 0 Å². The molecular weight excluding hydrogens is 138 g/mol. The third-order valence-corrected chi connectivity index (χ3v) is 1.32. The Bertz CT molecular complexity index is 275. The largest absolute Gasteiger partial charge is 0.478 e. The molecule has 11 heavy (non-hydrogen) atoms. The molecule has 0 saturated heterocycles. The molecule has 2 heteroatoms. The van der Waals surface area contributed by atoms with Gasteiger partial charge >= 0.3 is 0 Å². The second-order valence-corrected chi connectivity index (χ2v) is 2.14. The molecule has 0 aliphatic heterocycles. The van der Waals surface area contributed by atoms with Gasteiger partial charge in [0.15, 0.2) is 6.61 Å². The average molecular weight is 146 g/mol. The highest BCUT2D eigenvalue weighted by Gasteiger charge is 1.94. The van der Waals surface area contributed by atoms with Gasteiger partial charge in [0, 0.05) is 0 Å². The summed E-state index contributed by atoms with van der Waals surface area (Å²) in [5, 5.41) is 8.23. The maximum atomic E-state index is 8.23. The normalized spacial score (nSPS) is 8.73. The maximum absolute atomic E-state index is 8.23. The lowest BCUT2D eigenvalue weighted by molar-refractivity contribution is 0.365.